The highest BCUT2D eigenvalue weighted by Gasteiger charge is 2.13. The average molecular weight is 268 g/mol. The Bertz CT molecular complexity index is 393. The van der Waals surface area contributed by atoms with Gasteiger partial charge in [-0.1, -0.05) is 13.8 Å². The molecule has 0 bridgehead atoms. The van der Waals surface area contributed by atoms with Crippen LogP contribution in [0.15, 0.2) is 12.3 Å². The smallest absolute Gasteiger partial charge is 0.170 e. The molecular weight excluding hydrogens is 243 g/mol. The van der Waals surface area contributed by atoms with E-state index in [1.54, 1.807) is 12.3 Å². The maximum atomic E-state index is 14.3. The number of aromatic nitrogens is 1. The fourth-order valence-electron chi connectivity index (χ4n) is 1.64. The molecule has 0 unspecified atom stereocenters. The molecule has 0 radical (unpaired) electrons. The average Bonchev–Trinajstić information content (AvgIpc) is 2.34. The predicted molar refractivity (Wildman–Crippen MR) is 78.0 cm³/mol. The van der Waals surface area contributed by atoms with E-state index in [0.29, 0.717) is 24.0 Å². The van der Waals surface area contributed by atoms with Crippen LogP contribution < -0.4 is 10.2 Å². The molecule has 0 saturated carbocycles. The van der Waals surface area contributed by atoms with Gasteiger partial charge >= 0.3 is 0 Å². The second-order valence-electron chi connectivity index (χ2n) is 5.37. The third-order valence-electron chi connectivity index (χ3n) is 2.90. The zero-order chi connectivity index (χ0) is 14.4. The molecule has 0 atom stereocenters. The lowest BCUT2D eigenvalue weighted by Gasteiger charge is -2.22. The van der Waals surface area contributed by atoms with Gasteiger partial charge in [-0.2, -0.15) is 0 Å². The summed E-state index contributed by atoms with van der Waals surface area (Å²) in [5, 5.41) is 3.22. The fourth-order valence-corrected chi connectivity index (χ4v) is 1.64. The Hall–Kier alpha value is -1.20. The minimum atomic E-state index is -0.225. The van der Waals surface area contributed by atoms with Crippen molar-refractivity contribution < 1.29 is 4.39 Å². The van der Waals surface area contributed by atoms with Crippen molar-refractivity contribution >= 4 is 5.82 Å². The van der Waals surface area contributed by atoms with Crippen LogP contribution in [0.3, 0.4) is 0 Å². The summed E-state index contributed by atoms with van der Waals surface area (Å²) in [6.07, 6.45) is 1.67. The van der Waals surface area contributed by atoms with Crippen LogP contribution in [0.2, 0.25) is 0 Å². The Morgan fingerprint density at radius 2 is 1.95 bits per heavy atom. The summed E-state index contributed by atoms with van der Waals surface area (Å²) in [6.45, 7) is 6.23. The molecule has 0 aliphatic rings. The van der Waals surface area contributed by atoms with Crippen LogP contribution in [0.1, 0.15) is 19.4 Å². The third kappa shape index (κ3) is 5.12. The molecule has 0 spiro atoms. The second-order valence-corrected chi connectivity index (χ2v) is 5.37. The van der Waals surface area contributed by atoms with Gasteiger partial charge in [-0.05, 0) is 20.2 Å². The lowest BCUT2D eigenvalue weighted by molar-refractivity contribution is 0.415. The summed E-state index contributed by atoms with van der Waals surface area (Å²) in [5.74, 6) is 0.196. The van der Waals surface area contributed by atoms with Crippen molar-refractivity contribution in [3.63, 3.8) is 0 Å². The molecule has 0 aliphatic heterocycles. The lowest BCUT2D eigenvalue weighted by atomic mass is 10.2. The van der Waals surface area contributed by atoms with Crippen LogP contribution in [0, 0.1) is 5.82 Å². The van der Waals surface area contributed by atoms with Crippen molar-refractivity contribution in [1.82, 2.24) is 15.2 Å². The molecule has 1 rings (SSSR count). The van der Waals surface area contributed by atoms with Crippen LogP contribution in [0.5, 0.6) is 0 Å². The Balaban J connectivity index is 2.75. The van der Waals surface area contributed by atoms with E-state index < -0.39 is 0 Å². The number of halogens is 1. The summed E-state index contributed by atoms with van der Waals surface area (Å²) in [6, 6.07) is 2.07. The predicted octanol–water partition coefficient (Wildman–Crippen LogP) is 1.72. The quantitative estimate of drug-likeness (QED) is 0.816. The molecule has 1 aromatic rings. The number of nitrogens with zero attached hydrogens (tertiary/aromatic N) is 3. The van der Waals surface area contributed by atoms with Gasteiger partial charge in [0.2, 0.25) is 0 Å². The minimum Gasteiger partial charge on any atom is -0.356 e. The third-order valence-corrected chi connectivity index (χ3v) is 2.90. The first-order valence-electron chi connectivity index (χ1n) is 6.64. The van der Waals surface area contributed by atoms with Gasteiger partial charge in [0.05, 0.1) is 0 Å². The molecule has 1 heterocycles. The summed E-state index contributed by atoms with van der Waals surface area (Å²) >= 11 is 0. The summed E-state index contributed by atoms with van der Waals surface area (Å²) in [4.78, 5) is 8.07. The maximum Gasteiger partial charge on any atom is 0.170 e. The van der Waals surface area contributed by atoms with Gasteiger partial charge in [-0.25, -0.2) is 9.37 Å². The van der Waals surface area contributed by atoms with E-state index in [2.05, 4.69) is 15.2 Å². The minimum absolute atomic E-state index is 0.225. The van der Waals surface area contributed by atoms with E-state index in [1.807, 2.05) is 39.9 Å². The fraction of sp³-hybridized carbons (Fsp3) is 0.643. The van der Waals surface area contributed by atoms with Crippen molar-refractivity contribution in [3.05, 3.63) is 23.6 Å². The van der Waals surface area contributed by atoms with Gasteiger partial charge in [0.1, 0.15) is 0 Å². The molecule has 1 N–H and O–H groups in total. The van der Waals surface area contributed by atoms with Gasteiger partial charge in [0.15, 0.2) is 11.6 Å². The molecule has 0 amide bonds. The Kier molecular flexibility index (Phi) is 6.18. The van der Waals surface area contributed by atoms with E-state index in [-0.39, 0.29) is 5.82 Å². The molecule has 1 aromatic heterocycles. The van der Waals surface area contributed by atoms with Crippen LogP contribution in [-0.4, -0.2) is 50.2 Å². The lowest BCUT2D eigenvalue weighted by Crippen LogP contribution is -2.30. The number of likely N-dealkylation sites (N-methyl/N-ethyl adjacent to an activating group) is 2. The number of hydrogen-bond donors (Lipinski definition) is 1. The zero-order valence-electron chi connectivity index (χ0n) is 12.6. The molecule has 108 valence electrons. The Morgan fingerprint density at radius 3 is 2.53 bits per heavy atom. The van der Waals surface area contributed by atoms with Crippen molar-refractivity contribution in [2.75, 3.05) is 39.1 Å². The highest BCUT2D eigenvalue weighted by molar-refractivity contribution is 5.42. The van der Waals surface area contributed by atoms with Crippen LogP contribution in [0.25, 0.3) is 0 Å². The monoisotopic (exact) mass is 268 g/mol. The van der Waals surface area contributed by atoms with Crippen molar-refractivity contribution in [3.8, 4) is 0 Å². The molecule has 19 heavy (non-hydrogen) atoms. The first kappa shape index (κ1) is 15.9. The molecule has 5 heteroatoms. The molecule has 0 aromatic carbocycles. The number of anilines is 1. The van der Waals surface area contributed by atoms with E-state index in [9.17, 15) is 4.39 Å². The number of rotatable bonds is 7. The topological polar surface area (TPSA) is 31.4 Å². The van der Waals surface area contributed by atoms with E-state index in [4.69, 9.17) is 0 Å². The Labute approximate surface area is 115 Å². The summed E-state index contributed by atoms with van der Waals surface area (Å²) < 4.78 is 14.3. The van der Waals surface area contributed by atoms with E-state index >= 15 is 0 Å². The second kappa shape index (κ2) is 7.40. The van der Waals surface area contributed by atoms with Gasteiger partial charge in [0.25, 0.3) is 0 Å². The molecule has 0 fully saturated rings. The molecular formula is C14H25FN4. The normalized spacial score (nSPS) is 11.4. The number of nitrogens with one attached hydrogen (secondary N) is 1. The van der Waals surface area contributed by atoms with Crippen molar-refractivity contribution in [2.24, 2.45) is 0 Å². The van der Waals surface area contributed by atoms with Crippen LogP contribution in [-0.2, 0) is 6.54 Å². The van der Waals surface area contributed by atoms with Crippen molar-refractivity contribution in [2.45, 2.75) is 26.4 Å². The number of pyridine rings is 1. The van der Waals surface area contributed by atoms with Gasteiger partial charge in [-0.3, -0.25) is 0 Å². The molecule has 0 saturated heterocycles. The SMILES string of the molecule is CC(C)NCc1ccnc(N(C)CCN(C)C)c1F. The van der Waals surface area contributed by atoms with Gasteiger partial charge < -0.3 is 15.1 Å². The van der Waals surface area contributed by atoms with Gasteiger partial charge in [-0.15, -0.1) is 0 Å². The first-order valence-corrected chi connectivity index (χ1v) is 6.64. The van der Waals surface area contributed by atoms with E-state index in [1.165, 1.54) is 0 Å². The van der Waals surface area contributed by atoms with Crippen molar-refractivity contribution in [1.29, 1.82) is 0 Å². The molecule has 0 aliphatic carbocycles. The highest BCUT2D eigenvalue weighted by atomic mass is 19.1. The van der Waals surface area contributed by atoms with E-state index in [0.717, 1.165) is 13.1 Å². The standard InChI is InChI=1S/C14H25FN4/c1-11(2)17-10-12-6-7-16-14(13(12)15)19(5)9-8-18(3)4/h6-7,11,17H,8-10H2,1-5H3. The molecule has 4 nitrogen and oxygen atoms in total. The maximum absolute atomic E-state index is 14.3. The highest BCUT2D eigenvalue weighted by Crippen LogP contribution is 2.18. The van der Waals surface area contributed by atoms with Gasteiger partial charge in [0, 0.05) is 44.5 Å². The van der Waals surface area contributed by atoms with Crippen LogP contribution >= 0.6 is 0 Å². The zero-order valence-corrected chi connectivity index (χ0v) is 12.6. The first-order chi connectivity index (χ1) is 8.91. The largest absolute Gasteiger partial charge is 0.356 e. The Morgan fingerprint density at radius 1 is 1.26 bits per heavy atom. The van der Waals surface area contributed by atoms with Crippen LogP contribution in [0.4, 0.5) is 10.2 Å². The summed E-state index contributed by atoms with van der Waals surface area (Å²) in [7, 11) is 5.87. The summed E-state index contributed by atoms with van der Waals surface area (Å²) in [5.41, 5.74) is 0.662. The number of hydrogen-bond acceptors (Lipinski definition) is 4.